The Balaban J connectivity index is 1.75. The lowest BCUT2D eigenvalue weighted by atomic mass is 10.2. The summed E-state index contributed by atoms with van der Waals surface area (Å²) in [7, 11) is 0. The van der Waals surface area contributed by atoms with Gasteiger partial charge in [0.2, 0.25) is 0 Å². The summed E-state index contributed by atoms with van der Waals surface area (Å²) >= 11 is 12.4. The van der Waals surface area contributed by atoms with Gasteiger partial charge in [0.1, 0.15) is 10.7 Å². The zero-order valence-electron chi connectivity index (χ0n) is 16.6. The Morgan fingerprint density at radius 3 is 2.58 bits per heavy atom. The van der Waals surface area contributed by atoms with Gasteiger partial charge in [-0.2, -0.15) is 10.4 Å². The molecule has 1 amide bonds. The van der Waals surface area contributed by atoms with Crippen LogP contribution >= 0.6 is 23.2 Å². The molecule has 2 aromatic carbocycles. The van der Waals surface area contributed by atoms with Crippen molar-refractivity contribution < 1.29 is 14.3 Å². The van der Waals surface area contributed by atoms with E-state index in [2.05, 4.69) is 5.10 Å². The van der Waals surface area contributed by atoms with Crippen LogP contribution in [0.5, 0.6) is 0 Å². The third kappa shape index (κ3) is 5.23. The number of esters is 1. The number of halogens is 2. The van der Waals surface area contributed by atoms with Crippen LogP contribution in [0.3, 0.4) is 0 Å². The van der Waals surface area contributed by atoms with Crippen molar-refractivity contribution in [1.29, 1.82) is 5.26 Å². The van der Waals surface area contributed by atoms with Gasteiger partial charge in [0.05, 0.1) is 23.9 Å². The predicted molar refractivity (Wildman–Crippen MR) is 118 cm³/mol. The average molecular weight is 457 g/mol. The summed E-state index contributed by atoms with van der Waals surface area (Å²) in [5.41, 5.74) is 1.66. The minimum Gasteiger partial charge on any atom is -0.452 e. The minimum absolute atomic E-state index is 0.0876. The fourth-order valence-corrected chi connectivity index (χ4v) is 3.49. The van der Waals surface area contributed by atoms with Crippen molar-refractivity contribution >= 4 is 40.8 Å². The third-order valence-corrected chi connectivity index (χ3v) is 4.99. The molecule has 0 saturated heterocycles. The molecular weight excluding hydrogens is 439 g/mol. The van der Waals surface area contributed by atoms with Crippen LogP contribution in [0.2, 0.25) is 10.2 Å². The van der Waals surface area contributed by atoms with Crippen molar-refractivity contribution in [3.8, 4) is 11.8 Å². The number of nitriles is 1. The van der Waals surface area contributed by atoms with E-state index in [1.165, 1.54) is 9.58 Å². The average Bonchev–Trinajstić information content (AvgIpc) is 3.07. The summed E-state index contributed by atoms with van der Waals surface area (Å²) in [6, 6.07) is 17.8. The highest BCUT2D eigenvalue weighted by Crippen LogP contribution is 2.25. The smallest absolute Gasteiger partial charge is 0.343 e. The molecule has 1 aromatic heterocycles. The molecule has 0 aliphatic heterocycles. The first kappa shape index (κ1) is 22.3. The first-order chi connectivity index (χ1) is 14.9. The lowest BCUT2D eigenvalue weighted by Crippen LogP contribution is -2.35. The summed E-state index contributed by atoms with van der Waals surface area (Å²) in [6.45, 7) is 1.25. The molecule has 0 atom stereocenters. The molecule has 7 nitrogen and oxygen atoms in total. The Morgan fingerprint density at radius 1 is 1.16 bits per heavy atom. The molecule has 3 aromatic rings. The normalized spacial score (nSPS) is 10.4. The number of aryl methyl sites for hydroxylation is 1. The molecule has 0 saturated carbocycles. The van der Waals surface area contributed by atoms with Crippen LogP contribution in [0.1, 0.15) is 22.5 Å². The van der Waals surface area contributed by atoms with Crippen LogP contribution in [0.15, 0.2) is 54.6 Å². The molecule has 0 radical (unpaired) electrons. The zero-order valence-corrected chi connectivity index (χ0v) is 18.1. The number of nitrogens with zero attached hydrogens (tertiary/aromatic N) is 4. The predicted octanol–water partition coefficient (Wildman–Crippen LogP) is 4.59. The molecule has 0 spiro atoms. The largest absolute Gasteiger partial charge is 0.452 e. The second-order valence-corrected chi connectivity index (χ2v) is 7.30. The number of hydrogen-bond acceptors (Lipinski definition) is 5. The van der Waals surface area contributed by atoms with Gasteiger partial charge in [-0.15, -0.1) is 0 Å². The number of hydrogen-bond donors (Lipinski definition) is 0. The molecule has 0 bridgehead atoms. The maximum atomic E-state index is 12.7. The van der Waals surface area contributed by atoms with Gasteiger partial charge in [-0.1, -0.05) is 47.5 Å². The number of rotatable bonds is 7. The van der Waals surface area contributed by atoms with Gasteiger partial charge in [0.25, 0.3) is 5.91 Å². The second-order valence-electron chi connectivity index (χ2n) is 6.51. The van der Waals surface area contributed by atoms with Crippen molar-refractivity contribution in [2.75, 3.05) is 18.1 Å². The van der Waals surface area contributed by atoms with Crippen molar-refractivity contribution in [2.24, 2.45) is 0 Å². The summed E-state index contributed by atoms with van der Waals surface area (Å²) in [5.74, 6) is -1.25. The Labute approximate surface area is 189 Å². The van der Waals surface area contributed by atoms with Crippen molar-refractivity contribution in [3.05, 3.63) is 76.0 Å². The Hall–Kier alpha value is -3.34. The summed E-state index contributed by atoms with van der Waals surface area (Å²) in [4.78, 5) is 26.7. The molecule has 0 unspecified atom stereocenters. The van der Waals surface area contributed by atoms with Gasteiger partial charge >= 0.3 is 5.97 Å². The lowest BCUT2D eigenvalue weighted by Gasteiger charge is -2.21. The van der Waals surface area contributed by atoms with E-state index in [-0.39, 0.29) is 23.7 Å². The van der Waals surface area contributed by atoms with E-state index in [4.69, 9.17) is 33.2 Å². The van der Waals surface area contributed by atoms with Gasteiger partial charge in [-0.05, 0) is 37.3 Å². The van der Waals surface area contributed by atoms with Gasteiger partial charge in [-0.3, -0.25) is 4.79 Å². The number of benzene rings is 2. The maximum Gasteiger partial charge on any atom is 0.343 e. The van der Waals surface area contributed by atoms with Crippen LogP contribution in [-0.2, 0) is 9.53 Å². The molecule has 9 heteroatoms. The number of ether oxygens (including phenoxy) is 1. The molecule has 0 fully saturated rings. The molecule has 0 N–H and O–H groups in total. The van der Waals surface area contributed by atoms with Gasteiger partial charge in [0, 0.05) is 17.3 Å². The second kappa shape index (κ2) is 10.1. The quantitative estimate of drug-likeness (QED) is 0.485. The molecule has 3 rings (SSSR count). The van der Waals surface area contributed by atoms with E-state index in [1.807, 2.05) is 24.3 Å². The number of anilines is 1. The van der Waals surface area contributed by atoms with Gasteiger partial charge in [-0.25, -0.2) is 9.48 Å². The van der Waals surface area contributed by atoms with E-state index < -0.39 is 18.5 Å². The number of para-hydroxylation sites is 1. The van der Waals surface area contributed by atoms with Crippen LogP contribution in [0, 0.1) is 18.3 Å². The van der Waals surface area contributed by atoms with E-state index in [0.29, 0.717) is 22.1 Å². The molecule has 31 heavy (non-hydrogen) atoms. The first-order valence-corrected chi connectivity index (χ1v) is 10.1. The molecular formula is C22H18Cl2N4O3. The highest BCUT2D eigenvalue weighted by atomic mass is 35.5. The van der Waals surface area contributed by atoms with Crippen molar-refractivity contribution in [1.82, 2.24) is 9.78 Å². The maximum absolute atomic E-state index is 12.7. The highest BCUT2D eigenvalue weighted by Gasteiger charge is 2.24. The van der Waals surface area contributed by atoms with Crippen LogP contribution in [0.25, 0.3) is 5.69 Å². The third-order valence-electron chi connectivity index (χ3n) is 4.40. The number of aromatic nitrogens is 2. The van der Waals surface area contributed by atoms with Crippen molar-refractivity contribution in [2.45, 2.75) is 13.3 Å². The molecule has 1 heterocycles. The fraction of sp³-hybridized carbons (Fsp3) is 0.182. The fourth-order valence-electron chi connectivity index (χ4n) is 2.95. The van der Waals surface area contributed by atoms with Crippen molar-refractivity contribution in [3.63, 3.8) is 0 Å². The Bertz CT molecular complexity index is 1140. The van der Waals surface area contributed by atoms with Gasteiger partial charge in [0.15, 0.2) is 6.61 Å². The van der Waals surface area contributed by atoms with E-state index in [9.17, 15) is 9.59 Å². The first-order valence-electron chi connectivity index (χ1n) is 9.33. The SMILES string of the molecule is Cc1nn(-c2ccccc2)c(Cl)c1C(=O)OCC(=O)N(CCC#N)c1cccc(Cl)c1. The van der Waals surface area contributed by atoms with E-state index >= 15 is 0 Å². The summed E-state index contributed by atoms with van der Waals surface area (Å²) < 4.78 is 6.66. The standard InChI is InChI=1S/C22H18Cl2N4O3/c1-15-20(21(24)28(26-15)17-8-3-2-4-9-17)22(30)31-14-19(29)27(12-6-11-25)18-10-5-7-16(23)13-18/h2-5,7-10,13H,6,12,14H2,1H3. The molecule has 0 aliphatic carbocycles. The lowest BCUT2D eigenvalue weighted by molar-refractivity contribution is -0.121. The number of carbonyl (C=O) groups is 2. The number of amides is 1. The van der Waals surface area contributed by atoms with E-state index in [1.54, 1.807) is 43.3 Å². The number of carbonyl (C=O) groups excluding carboxylic acids is 2. The summed E-state index contributed by atoms with van der Waals surface area (Å²) in [5, 5.41) is 13.7. The minimum atomic E-state index is -0.760. The Morgan fingerprint density at radius 2 is 1.90 bits per heavy atom. The van der Waals surface area contributed by atoms with Crippen LogP contribution in [0.4, 0.5) is 5.69 Å². The van der Waals surface area contributed by atoms with Crippen LogP contribution in [-0.4, -0.2) is 34.8 Å². The monoisotopic (exact) mass is 456 g/mol. The highest BCUT2D eigenvalue weighted by molar-refractivity contribution is 6.33. The Kier molecular flexibility index (Phi) is 7.29. The summed E-state index contributed by atoms with van der Waals surface area (Å²) in [6.07, 6.45) is 0.112. The van der Waals surface area contributed by atoms with Gasteiger partial charge < -0.3 is 9.64 Å². The molecule has 158 valence electrons. The zero-order chi connectivity index (χ0) is 22.4. The topological polar surface area (TPSA) is 88.2 Å². The van der Waals surface area contributed by atoms with E-state index in [0.717, 1.165) is 0 Å². The molecule has 0 aliphatic rings. The van der Waals surface area contributed by atoms with Crippen LogP contribution < -0.4 is 4.90 Å².